The molecule has 3 unspecified atom stereocenters. The molecule has 0 aliphatic carbocycles. The number of hydrogen-bond acceptors (Lipinski definition) is 6. The zero-order valence-electron chi connectivity index (χ0n) is 14.7. The number of carbonyl (C=O) groups excluding carboxylic acids is 1. The number of thiocarbonyl (C=S) groups is 1. The second-order valence-electron chi connectivity index (χ2n) is 5.68. The van der Waals surface area contributed by atoms with Crippen LogP contribution in [0.2, 0.25) is 0 Å². The minimum atomic E-state index is -5.21. The van der Waals surface area contributed by atoms with Crippen molar-refractivity contribution in [2.75, 3.05) is 20.8 Å². The van der Waals surface area contributed by atoms with Gasteiger partial charge in [-0.3, -0.25) is 4.79 Å². The molecule has 0 amide bonds. The van der Waals surface area contributed by atoms with Crippen molar-refractivity contribution in [2.45, 2.75) is 24.9 Å². The van der Waals surface area contributed by atoms with Crippen LogP contribution < -0.4 is 20.1 Å². The highest BCUT2D eigenvalue weighted by Crippen LogP contribution is 2.45. The molecule has 1 aliphatic heterocycles. The summed E-state index contributed by atoms with van der Waals surface area (Å²) in [4.78, 5) is 12.4. The third kappa shape index (κ3) is 3.88. The van der Waals surface area contributed by atoms with Crippen LogP contribution in [0, 0.1) is 5.92 Å². The van der Waals surface area contributed by atoms with Crippen molar-refractivity contribution in [2.24, 2.45) is 5.92 Å². The number of alkyl halides is 3. The number of nitrogens with one attached hydrogen (secondary N) is 2. The minimum Gasteiger partial charge on any atom is -0.497 e. The largest absolute Gasteiger partial charge is 0.497 e. The van der Waals surface area contributed by atoms with E-state index in [-0.39, 0.29) is 17.9 Å². The van der Waals surface area contributed by atoms with Gasteiger partial charge in [0.05, 0.1) is 26.9 Å². The molecule has 3 atom stereocenters. The zero-order chi connectivity index (χ0) is 20.4. The Labute approximate surface area is 158 Å². The summed E-state index contributed by atoms with van der Waals surface area (Å²) in [5.41, 5.74) is -3.46. The van der Waals surface area contributed by atoms with Gasteiger partial charge in [0.1, 0.15) is 17.4 Å². The number of carbonyl (C=O) groups is 1. The van der Waals surface area contributed by atoms with Crippen LogP contribution in [-0.2, 0) is 9.53 Å². The Morgan fingerprint density at radius 2 is 2.00 bits per heavy atom. The average molecular weight is 408 g/mol. The molecule has 1 aliphatic rings. The van der Waals surface area contributed by atoms with Gasteiger partial charge in [-0.1, -0.05) is 0 Å². The van der Waals surface area contributed by atoms with E-state index in [0.717, 1.165) is 0 Å². The second kappa shape index (κ2) is 7.77. The molecule has 1 aromatic carbocycles. The smallest absolute Gasteiger partial charge is 0.437 e. The van der Waals surface area contributed by atoms with Crippen molar-refractivity contribution in [3.63, 3.8) is 0 Å². The summed E-state index contributed by atoms with van der Waals surface area (Å²) in [6.07, 6.45) is -5.21. The van der Waals surface area contributed by atoms with Crippen LogP contribution in [0.1, 0.15) is 18.5 Å². The van der Waals surface area contributed by atoms with Crippen LogP contribution in [-0.4, -0.2) is 48.9 Å². The van der Waals surface area contributed by atoms with Crippen LogP contribution in [0.5, 0.6) is 11.5 Å². The second-order valence-corrected chi connectivity index (χ2v) is 6.09. The Hall–Kier alpha value is -2.27. The average Bonchev–Trinajstić information content (AvgIpc) is 2.59. The predicted octanol–water partition coefficient (Wildman–Crippen LogP) is 1.65. The SMILES string of the molecule is CCOC(=O)C1C(c2ccc(OC)cc2OC)NC(=S)NC1(O)C(F)(F)F. The van der Waals surface area contributed by atoms with E-state index in [1.807, 2.05) is 0 Å². The molecule has 3 N–H and O–H groups in total. The third-order valence-electron chi connectivity index (χ3n) is 4.12. The molecule has 1 saturated heterocycles. The van der Waals surface area contributed by atoms with Gasteiger partial charge >= 0.3 is 12.1 Å². The van der Waals surface area contributed by atoms with Crippen molar-refractivity contribution in [3.05, 3.63) is 23.8 Å². The first kappa shape index (κ1) is 21.0. The Bertz CT molecular complexity index is 730. The lowest BCUT2D eigenvalue weighted by Gasteiger charge is -2.45. The lowest BCUT2D eigenvalue weighted by atomic mass is 9.81. The molecule has 0 radical (unpaired) electrons. The summed E-state index contributed by atoms with van der Waals surface area (Å²) in [6, 6.07) is 2.98. The molecule has 0 spiro atoms. The highest BCUT2D eigenvalue weighted by Gasteiger charge is 2.66. The Morgan fingerprint density at radius 1 is 1.33 bits per heavy atom. The molecule has 27 heavy (non-hydrogen) atoms. The lowest BCUT2D eigenvalue weighted by Crippen LogP contribution is -2.73. The van der Waals surface area contributed by atoms with Gasteiger partial charge in [0.15, 0.2) is 5.11 Å². The Balaban J connectivity index is 2.64. The maximum Gasteiger partial charge on any atom is 0.437 e. The quantitative estimate of drug-likeness (QED) is 0.501. The maximum atomic E-state index is 13.7. The standard InChI is InChI=1S/C16H19F3N2O5S/c1-4-26-13(22)11-12(9-6-5-8(24-2)7-10(9)25-3)20-14(27)21-15(11,23)16(17,18)19/h5-7,11-12,23H,4H2,1-3H3,(H2,20,21,27). The van der Waals surface area contributed by atoms with E-state index in [1.54, 1.807) is 5.32 Å². The van der Waals surface area contributed by atoms with Gasteiger partial charge in [-0.25, -0.2) is 0 Å². The van der Waals surface area contributed by atoms with Gasteiger partial charge in [-0.05, 0) is 31.3 Å². The normalized spacial score (nSPS) is 25.2. The van der Waals surface area contributed by atoms with Crippen molar-refractivity contribution < 1.29 is 37.3 Å². The fourth-order valence-corrected chi connectivity index (χ4v) is 3.15. The molecule has 7 nitrogen and oxygen atoms in total. The number of esters is 1. The van der Waals surface area contributed by atoms with Gasteiger partial charge in [0.2, 0.25) is 0 Å². The molecule has 0 saturated carbocycles. The Morgan fingerprint density at radius 3 is 2.52 bits per heavy atom. The van der Waals surface area contributed by atoms with Gasteiger partial charge in [-0.2, -0.15) is 13.2 Å². The molecular weight excluding hydrogens is 389 g/mol. The summed E-state index contributed by atoms with van der Waals surface area (Å²) >= 11 is 4.83. The van der Waals surface area contributed by atoms with Crippen molar-refractivity contribution in [1.29, 1.82) is 0 Å². The first-order chi connectivity index (χ1) is 12.6. The Kier molecular flexibility index (Phi) is 6.05. The fourth-order valence-electron chi connectivity index (χ4n) is 2.87. The number of hydrogen-bond donors (Lipinski definition) is 3. The zero-order valence-corrected chi connectivity index (χ0v) is 15.5. The minimum absolute atomic E-state index is 0.148. The molecule has 2 rings (SSSR count). The number of benzene rings is 1. The van der Waals surface area contributed by atoms with E-state index in [2.05, 4.69) is 5.32 Å². The highest BCUT2D eigenvalue weighted by molar-refractivity contribution is 7.80. The monoisotopic (exact) mass is 408 g/mol. The van der Waals surface area contributed by atoms with E-state index in [0.29, 0.717) is 5.75 Å². The number of methoxy groups -OCH3 is 2. The van der Waals surface area contributed by atoms with E-state index in [4.69, 9.17) is 26.4 Å². The van der Waals surface area contributed by atoms with E-state index >= 15 is 0 Å². The van der Waals surface area contributed by atoms with Gasteiger partial charge in [0.25, 0.3) is 5.72 Å². The summed E-state index contributed by atoms with van der Waals surface area (Å²) in [6.45, 7) is 1.28. The third-order valence-corrected chi connectivity index (χ3v) is 4.34. The number of ether oxygens (including phenoxy) is 3. The summed E-state index contributed by atoms with van der Waals surface area (Å²) in [5.74, 6) is -2.80. The highest BCUT2D eigenvalue weighted by atomic mass is 32.1. The molecule has 0 aromatic heterocycles. The van der Waals surface area contributed by atoms with Crippen molar-refractivity contribution >= 4 is 23.3 Å². The fraction of sp³-hybridized carbons (Fsp3) is 0.500. The summed E-state index contributed by atoms with van der Waals surface area (Å²) in [5, 5.41) is 14.3. The summed E-state index contributed by atoms with van der Waals surface area (Å²) < 4.78 is 56.1. The van der Waals surface area contributed by atoms with Crippen LogP contribution >= 0.6 is 12.2 Å². The van der Waals surface area contributed by atoms with E-state index in [9.17, 15) is 23.1 Å². The summed E-state index contributed by atoms with van der Waals surface area (Å²) in [7, 11) is 2.73. The number of aliphatic hydroxyl groups is 1. The van der Waals surface area contributed by atoms with Gasteiger partial charge in [-0.15, -0.1) is 0 Å². The van der Waals surface area contributed by atoms with E-state index in [1.165, 1.54) is 39.3 Å². The molecule has 11 heteroatoms. The molecule has 1 fully saturated rings. The molecule has 150 valence electrons. The van der Waals surface area contributed by atoms with Crippen LogP contribution in [0.25, 0.3) is 0 Å². The van der Waals surface area contributed by atoms with Gasteiger partial charge in [0, 0.05) is 11.6 Å². The first-order valence-electron chi connectivity index (χ1n) is 7.85. The van der Waals surface area contributed by atoms with Crippen LogP contribution in [0.15, 0.2) is 18.2 Å². The lowest BCUT2D eigenvalue weighted by molar-refractivity contribution is -0.292. The number of rotatable bonds is 5. The molecule has 0 bridgehead atoms. The first-order valence-corrected chi connectivity index (χ1v) is 8.26. The van der Waals surface area contributed by atoms with Gasteiger partial charge < -0.3 is 30.0 Å². The van der Waals surface area contributed by atoms with Crippen molar-refractivity contribution in [3.8, 4) is 11.5 Å². The van der Waals surface area contributed by atoms with Crippen molar-refractivity contribution in [1.82, 2.24) is 10.6 Å². The number of halogens is 3. The van der Waals surface area contributed by atoms with Crippen LogP contribution in [0.4, 0.5) is 13.2 Å². The maximum absolute atomic E-state index is 13.7. The predicted molar refractivity (Wildman–Crippen MR) is 92.3 cm³/mol. The molecule has 1 heterocycles. The molecular formula is C16H19F3N2O5S. The molecule has 1 aromatic rings. The van der Waals surface area contributed by atoms with E-state index < -0.39 is 34.9 Å². The van der Waals surface area contributed by atoms with Crippen LogP contribution in [0.3, 0.4) is 0 Å². The topological polar surface area (TPSA) is 89.1 Å².